The fourth-order valence-electron chi connectivity index (χ4n) is 2.40. The number of amides is 1. The van der Waals surface area contributed by atoms with E-state index in [9.17, 15) is 9.59 Å². The van der Waals surface area contributed by atoms with Gasteiger partial charge in [0.15, 0.2) is 5.13 Å². The minimum atomic E-state index is -0.973. The summed E-state index contributed by atoms with van der Waals surface area (Å²) in [5.74, 6) is 0.00344. The Morgan fingerprint density at radius 3 is 2.59 bits per heavy atom. The molecule has 1 amide bonds. The third kappa shape index (κ3) is 5.66. The van der Waals surface area contributed by atoms with Crippen molar-refractivity contribution in [3.63, 3.8) is 0 Å². The molecule has 27 heavy (non-hydrogen) atoms. The average Bonchev–Trinajstić information content (AvgIpc) is 3.08. The Labute approximate surface area is 161 Å². The van der Waals surface area contributed by atoms with Crippen molar-refractivity contribution < 1.29 is 24.2 Å². The van der Waals surface area contributed by atoms with Crippen LogP contribution in [0.25, 0.3) is 11.3 Å². The lowest BCUT2D eigenvalue weighted by molar-refractivity contribution is -0.139. The number of hydrogen-bond donors (Lipinski definition) is 2. The van der Waals surface area contributed by atoms with E-state index in [1.807, 2.05) is 31.4 Å². The van der Waals surface area contributed by atoms with E-state index in [-0.39, 0.29) is 25.0 Å². The van der Waals surface area contributed by atoms with Crippen LogP contribution in [0.5, 0.6) is 11.5 Å². The van der Waals surface area contributed by atoms with Gasteiger partial charge < -0.3 is 19.9 Å². The lowest BCUT2D eigenvalue weighted by atomic mass is 10.1. The molecule has 1 aromatic carbocycles. The minimum absolute atomic E-state index is 0.0231. The van der Waals surface area contributed by atoms with Crippen LogP contribution in [0, 0.1) is 0 Å². The molecule has 1 aromatic heterocycles. The van der Waals surface area contributed by atoms with E-state index in [4.69, 9.17) is 14.6 Å². The summed E-state index contributed by atoms with van der Waals surface area (Å²) in [5, 5.41) is 13.9. The highest BCUT2D eigenvalue weighted by molar-refractivity contribution is 7.14. The van der Waals surface area contributed by atoms with Gasteiger partial charge in [0, 0.05) is 23.1 Å². The first-order chi connectivity index (χ1) is 12.8. The number of aromatic nitrogens is 1. The molecule has 0 bridgehead atoms. The molecule has 0 aliphatic heterocycles. The molecule has 0 aliphatic carbocycles. The molecule has 0 unspecified atom stereocenters. The predicted molar refractivity (Wildman–Crippen MR) is 104 cm³/mol. The molecule has 2 aromatic rings. The van der Waals surface area contributed by atoms with Crippen LogP contribution in [0.2, 0.25) is 0 Å². The number of carbonyl (C=O) groups is 2. The van der Waals surface area contributed by atoms with Crippen molar-refractivity contribution in [2.75, 3.05) is 32.6 Å². The predicted octanol–water partition coefficient (Wildman–Crippen LogP) is 2.56. The summed E-state index contributed by atoms with van der Waals surface area (Å²) < 4.78 is 10.6. The second kappa shape index (κ2) is 9.33. The van der Waals surface area contributed by atoms with Crippen LogP contribution in [0.3, 0.4) is 0 Å². The molecule has 0 aliphatic rings. The standard InChI is InChI=1S/C18H23N3O5S/c1-11(2)21(9-17(23)24)8-16(22)20-18-19-14(10-27-18)13-6-5-12(25-3)7-15(13)26-4/h5-7,10-11H,8-9H2,1-4H3,(H,23,24)(H,19,20,22). The maximum Gasteiger partial charge on any atom is 0.317 e. The maximum absolute atomic E-state index is 12.2. The molecule has 0 fully saturated rings. The SMILES string of the molecule is COc1ccc(-c2csc(NC(=O)CN(CC(=O)O)C(C)C)n2)c(OC)c1. The molecule has 2 rings (SSSR count). The number of ether oxygens (including phenoxy) is 2. The Hall–Kier alpha value is -2.65. The average molecular weight is 393 g/mol. The largest absolute Gasteiger partial charge is 0.497 e. The molecular weight excluding hydrogens is 370 g/mol. The Balaban J connectivity index is 2.09. The molecular formula is C18H23N3O5S. The van der Waals surface area contributed by atoms with Gasteiger partial charge in [0.05, 0.1) is 33.0 Å². The first-order valence-corrected chi connectivity index (χ1v) is 9.15. The highest BCUT2D eigenvalue weighted by atomic mass is 32.1. The maximum atomic E-state index is 12.2. The van der Waals surface area contributed by atoms with Crippen LogP contribution < -0.4 is 14.8 Å². The van der Waals surface area contributed by atoms with Crippen LogP contribution in [0.4, 0.5) is 5.13 Å². The molecule has 0 saturated carbocycles. The summed E-state index contributed by atoms with van der Waals surface area (Å²) in [6, 6.07) is 5.34. The van der Waals surface area contributed by atoms with Crippen LogP contribution in [-0.4, -0.2) is 60.2 Å². The zero-order valence-corrected chi connectivity index (χ0v) is 16.5. The summed E-state index contributed by atoms with van der Waals surface area (Å²) in [6.45, 7) is 3.46. The highest BCUT2D eigenvalue weighted by Crippen LogP contribution is 2.34. The third-order valence-corrected chi connectivity index (χ3v) is 4.61. The number of carboxylic acids is 1. The van der Waals surface area contributed by atoms with E-state index in [2.05, 4.69) is 10.3 Å². The second-order valence-electron chi connectivity index (χ2n) is 6.04. The second-order valence-corrected chi connectivity index (χ2v) is 6.90. The van der Waals surface area contributed by atoms with Gasteiger partial charge in [-0.3, -0.25) is 14.5 Å². The monoisotopic (exact) mass is 393 g/mol. The van der Waals surface area contributed by atoms with Crippen molar-refractivity contribution in [2.45, 2.75) is 19.9 Å². The molecule has 146 valence electrons. The van der Waals surface area contributed by atoms with Crippen molar-refractivity contribution in [3.8, 4) is 22.8 Å². The number of carbonyl (C=O) groups excluding carboxylic acids is 1. The van der Waals surface area contributed by atoms with E-state index in [0.29, 0.717) is 22.3 Å². The van der Waals surface area contributed by atoms with Crippen molar-refractivity contribution in [3.05, 3.63) is 23.6 Å². The van der Waals surface area contributed by atoms with Crippen molar-refractivity contribution >= 4 is 28.3 Å². The topological polar surface area (TPSA) is 101 Å². The molecule has 9 heteroatoms. The Bertz CT molecular complexity index is 806. The van der Waals surface area contributed by atoms with Crippen molar-refractivity contribution in [1.82, 2.24) is 9.88 Å². The van der Waals surface area contributed by atoms with Gasteiger partial charge in [-0.05, 0) is 26.0 Å². The Kier molecular flexibility index (Phi) is 7.14. The van der Waals surface area contributed by atoms with E-state index < -0.39 is 5.97 Å². The lowest BCUT2D eigenvalue weighted by Crippen LogP contribution is -2.41. The third-order valence-electron chi connectivity index (χ3n) is 3.85. The van der Waals surface area contributed by atoms with Crippen molar-refractivity contribution in [2.24, 2.45) is 0 Å². The Morgan fingerprint density at radius 1 is 1.26 bits per heavy atom. The quantitative estimate of drug-likeness (QED) is 0.675. The number of anilines is 1. The Morgan fingerprint density at radius 2 is 2.00 bits per heavy atom. The summed E-state index contributed by atoms with van der Waals surface area (Å²) in [7, 11) is 3.14. The van der Waals surface area contributed by atoms with E-state index in [1.54, 1.807) is 25.2 Å². The number of benzene rings is 1. The van der Waals surface area contributed by atoms with Gasteiger partial charge >= 0.3 is 5.97 Å². The van der Waals surface area contributed by atoms with Crippen LogP contribution in [0.1, 0.15) is 13.8 Å². The summed E-state index contributed by atoms with van der Waals surface area (Å²) in [5.41, 5.74) is 1.45. The van der Waals surface area contributed by atoms with Gasteiger partial charge in [-0.25, -0.2) is 4.98 Å². The zero-order chi connectivity index (χ0) is 20.0. The smallest absolute Gasteiger partial charge is 0.317 e. The van der Waals surface area contributed by atoms with Gasteiger partial charge in [0.1, 0.15) is 11.5 Å². The van der Waals surface area contributed by atoms with Crippen LogP contribution >= 0.6 is 11.3 Å². The molecule has 2 N–H and O–H groups in total. The number of nitrogens with zero attached hydrogens (tertiary/aromatic N) is 2. The molecule has 0 saturated heterocycles. The zero-order valence-electron chi connectivity index (χ0n) is 15.7. The van der Waals surface area contributed by atoms with Gasteiger partial charge in [0.25, 0.3) is 0 Å². The number of rotatable bonds is 9. The summed E-state index contributed by atoms with van der Waals surface area (Å²) >= 11 is 1.29. The first-order valence-electron chi connectivity index (χ1n) is 8.27. The first kappa shape index (κ1) is 20.7. The number of thiazole rings is 1. The molecule has 0 atom stereocenters. The number of hydrogen-bond acceptors (Lipinski definition) is 7. The van der Waals surface area contributed by atoms with Gasteiger partial charge in [-0.15, -0.1) is 11.3 Å². The molecule has 0 radical (unpaired) electrons. The minimum Gasteiger partial charge on any atom is -0.497 e. The van der Waals surface area contributed by atoms with E-state index in [0.717, 1.165) is 5.56 Å². The molecule has 8 nitrogen and oxygen atoms in total. The van der Waals surface area contributed by atoms with Crippen LogP contribution in [0.15, 0.2) is 23.6 Å². The number of methoxy groups -OCH3 is 2. The summed E-state index contributed by atoms with van der Waals surface area (Å²) in [6.07, 6.45) is 0. The molecule has 0 spiro atoms. The van der Waals surface area contributed by atoms with Gasteiger partial charge in [-0.2, -0.15) is 0 Å². The normalized spacial score (nSPS) is 10.9. The lowest BCUT2D eigenvalue weighted by Gasteiger charge is -2.23. The fourth-order valence-corrected chi connectivity index (χ4v) is 3.13. The van der Waals surface area contributed by atoms with E-state index >= 15 is 0 Å². The van der Waals surface area contributed by atoms with Gasteiger partial charge in [-0.1, -0.05) is 0 Å². The molecule has 1 heterocycles. The fraction of sp³-hybridized carbons (Fsp3) is 0.389. The number of carboxylic acid groups (broad SMARTS) is 1. The number of nitrogens with one attached hydrogen (secondary N) is 1. The van der Waals surface area contributed by atoms with Gasteiger partial charge in [0.2, 0.25) is 5.91 Å². The summed E-state index contributed by atoms with van der Waals surface area (Å²) in [4.78, 5) is 29.2. The van der Waals surface area contributed by atoms with Crippen LogP contribution in [-0.2, 0) is 9.59 Å². The number of aliphatic carboxylic acids is 1. The highest BCUT2D eigenvalue weighted by Gasteiger charge is 2.18. The van der Waals surface area contributed by atoms with E-state index in [1.165, 1.54) is 11.3 Å². The van der Waals surface area contributed by atoms with Crippen molar-refractivity contribution in [1.29, 1.82) is 0 Å².